The first-order valence-electron chi connectivity index (χ1n) is 16.8. The second kappa shape index (κ2) is 16.5. The van der Waals surface area contributed by atoms with E-state index < -0.39 is 0 Å². The Morgan fingerprint density at radius 2 is 1.78 bits per heavy atom. The van der Waals surface area contributed by atoms with Crippen LogP contribution in [0, 0.1) is 0 Å². The fourth-order valence-electron chi connectivity index (χ4n) is 5.67. The molecule has 4 aromatic rings. The number of ether oxygens (including phenoxy) is 1. The van der Waals surface area contributed by atoms with Crippen LogP contribution in [-0.2, 0) is 17.8 Å². The maximum atomic E-state index is 13.5. The molecule has 0 unspecified atom stereocenters. The molecular weight excluding hydrogens is 655 g/mol. The molecule has 2 heterocycles. The highest BCUT2D eigenvalue weighted by molar-refractivity contribution is 7.07. The van der Waals surface area contributed by atoms with Gasteiger partial charge in [0.05, 0.1) is 16.9 Å². The fourth-order valence-corrected chi connectivity index (χ4v) is 6.24. The number of hydrogen-bond donors (Lipinski definition) is 5. The molecule has 1 saturated carbocycles. The van der Waals surface area contributed by atoms with Crippen molar-refractivity contribution in [2.75, 3.05) is 36.9 Å². The first kappa shape index (κ1) is 34.7. The number of nitrogens with zero attached hydrogens (tertiary/aromatic N) is 2. The summed E-state index contributed by atoms with van der Waals surface area (Å²) < 4.78 is 5.50. The first-order chi connectivity index (χ1) is 24.3. The zero-order valence-electron chi connectivity index (χ0n) is 27.7. The van der Waals surface area contributed by atoms with Gasteiger partial charge in [-0.25, -0.2) is 4.98 Å². The predicted octanol–water partition coefficient (Wildman–Crippen LogP) is 4.20. The molecule has 12 nitrogen and oxygen atoms in total. The van der Waals surface area contributed by atoms with E-state index in [4.69, 9.17) is 10.5 Å². The topological polar surface area (TPSA) is 168 Å². The van der Waals surface area contributed by atoms with Crippen molar-refractivity contribution in [2.45, 2.75) is 50.7 Å². The van der Waals surface area contributed by atoms with E-state index in [1.54, 1.807) is 65.9 Å². The molecule has 0 saturated heterocycles. The van der Waals surface area contributed by atoms with Crippen molar-refractivity contribution >= 4 is 46.3 Å². The number of anilines is 2. The van der Waals surface area contributed by atoms with Gasteiger partial charge in [0.2, 0.25) is 0 Å². The second-order valence-electron chi connectivity index (χ2n) is 12.6. The molecule has 260 valence electrons. The number of nitrogens with two attached hydrogens (primary N) is 1. The lowest BCUT2D eigenvalue weighted by atomic mass is 10.1. The van der Waals surface area contributed by atoms with Gasteiger partial charge >= 0.3 is 0 Å². The number of unbranched alkanes of at least 4 members (excludes halogenated alkanes) is 1. The Hall–Kier alpha value is -5.11. The highest BCUT2D eigenvalue weighted by Crippen LogP contribution is 2.33. The van der Waals surface area contributed by atoms with Crippen molar-refractivity contribution in [3.63, 3.8) is 0 Å². The summed E-state index contributed by atoms with van der Waals surface area (Å²) >= 11 is 1.57. The van der Waals surface area contributed by atoms with Crippen LogP contribution in [0.4, 0.5) is 11.4 Å². The van der Waals surface area contributed by atoms with Gasteiger partial charge in [-0.1, -0.05) is 18.2 Å². The molecule has 4 amide bonds. The van der Waals surface area contributed by atoms with Gasteiger partial charge in [-0.15, -0.1) is 11.3 Å². The SMILES string of the molecule is N[C@H](CNCCCCNC(=O)c1cccc(NC(=O)c2ccc(CN(C(=O)c3ccc4c(c3)OCC(=O)N4)C3CC3)cc2)c1)Cc1cscn1. The summed E-state index contributed by atoms with van der Waals surface area (Å²) in [5, 5.41) is 13.9. The molecule has 6 N–H and O–H groups in total. The summed E-state index contributed by atoms with van der Waals surface area (Å²) in [6, 6.07) is 19.2. The van der Waals surface area contributed by atoms with Gasteiger partial charge in [0, 0.05) is 65.9 Å². The summed E-state index contributed by atoms with van der Waals surface area (Å²) in [6.07, 6.45) is 4.34. The molecule has 1 fully saturated rings. The van der Waals surface area contributed by atoms with Crippen LogP contribution in [0.1, 0.15) is 68.0 Å². The molecule has 3 aromatic carbocycles. The average Bonchev–Trinajstić information content (AvgIpc) is 3.84. The predicted molar refractivity (Wildman–Crippen MR) is 193 cm³/mol. The average molecular weight is 696 g/mol. The van der Waals surface area contributed by atoms with Gasteiger partial charge in [-0.2, -0.15) is 0 Å². The van der Waals surface area contributed by atoms with Gasteiger partial charge in [0.1, 0.15) is 5.75 Å². The Morgan fingerprint density at radius 1 is 0.980 bits per heavy atom. The monoisotopic (exact) mass is 695 g/mol. The van der Waals surface area contributed by atoms with E-state index in [2.05, 4.69) is 26.3 Å². The summed E-state index contributed by atoms with van der Waals surface area (Å²) in [6.45, 7) is 2.38. The molecule has 13 heteroatoms. The van der Waals surface area contributed by atoms with Gasteiger partial charge in [0.15, 0.2) is 6.61 Å². The van der Waals surface area contributed by atoms with E-state index in [0.29, 0.717) is 53.4 Å². The first-order valence-corrected chi connectivity index (χ1v) is 17.8. The van der Waals surface area contributed by atoms with Crippen LogP contribution >= 0.6 is 11.3 Å². The molecule has 1 aliphatic carbocycles. The van der Waals surface area contributed by atoms with Gasteiger partial charge < -0.3 is 36.6 Å². The van der Waals surface area contributed by atoms with E-state index >= 15 is 0 Å². The zero-order chi connectivity index (χ0) is 34.9. The Kier molecular flexibility index (Phi) is 11.5. The quantitative estimate of drug-likeness (QED) is 0.109. The van der Waals surface area contributed by atoms with E-state index in [-0.39, 0.29) is 42.3 Å². The number of thiazole rings is 1. The van der Waals surface area contributed by atoms with E-state index in [1.807, 2.05) is 27.9 Å². The number of fused-ring (bicyclic) bond motifs is 1. The number of hydrogen-bond acceptors (Lipinski definition) is 9. The number of benzene rings is 3. The van der Waals surface area contributed by atoms with Crippen LogP contribution in [0.2, 0.25) is 0 Å². The van der Waals surface area contributed by atoms with Crippen molar-refractivity contribution < 1.29 is 23.9 Å². The third-order valence-corrected chi connectivity index (χ3v) is 9.12. The smallest absolute Gasteiger partial charge is 0.262 e. The number of carbonyl (C=O) groups excluding carboxylic acids is 4. The maximum absolute atomic E-state index is 13.5. The summed E-state index contributed by atoms with van der Waals surface area (Å²) in [7, 11) is 0. The molecule has 2 aliphatic rings. The molecule has 6 rings (SSSR count). The summed E-state index contributed by atoms with van der Waals surface area (Å²) in [5.74, 6) is -0.362. The minimum atomic E-state index is -0.302. The number of carbonyl (C=O) groups is 4. The van der Waals surface area contributed by atoms with Crippen LogP contribution in [-0.4, -0.2) is 71.8 Å². The van der Waals surface area contributed by atoms with E-state index in [9.17, 15) is 19.2 Å². The van der Waals surface area contributed by atoms with Crippen LogP contribution in [0.15, 0.2) is 77.6 Å². The number of rotatable bonds is 16. The lowest BCUT2D eigenvalue weighted by molar-refractivity contribution is -0.118. The minimum Gasteiger partial charge on any atom is -0.482 e. The van der Waals surface area contributed by atoms with Crippen LogP contribution in [0.5, 0.6) is 5.75 Å². The molecule has 0 radical (unpaired) electrons. The highest BCUT2D eigenvalue weighted by atomic mass is 32.1. The molecule has 50 heavy (non-hydrogen) atoms. The van der Waals surface area contributed by atoms with Crippen LogP contribution in [0.25, 0.3) is 0 Å². The molecule has 1 aromatic heterocycles. The number of aromatic nitrogens is 1. The largest absolute Gasteiger partial charge is 0.482 e. The van der Waals surface area contributed by atoms with E-state index in [1.165, 1.54) is 0 Å². The highest BCUT2D eigenvalue weighted by Gasteiger charge is 2.33. The van der Waals surface area contributed by atoms with Crippen molar-refractivity contribution in [2.24, 2.45) is 5.73 Å². The second-order valence-corrected chi connectivity index (χ2v) is 13.3. The lowest BCUT2D eigenvalue weighted by Gasteiger charge is -2.24. The fraction of sp³-hybridized carbons (Fsp3) is 0.324. The third kappa shape index (κ3) is 9.53. The Labute approximate surface area is 294 Å². The molecular formula is C37H41N7O5S. The van der Waals surface area contributed by atoms with Crippen LogP contribution < -0.4 is 31.7 Å². The summed E-state index contributed by atoms with van der Waals surface area (Å²) in [4.78, 5) is 57.0. The van der Waals surface area contributed by atoms with Crippen LogP contribution in [0.3, 0.4) is 0 Å². The Balaban J connectivity index is 0.944. The Morgan fingerprint density at radius 3 is 2.56 bits per heavy atom. The lowest BCUT2D eigenvalue weighted by Crippen LogP contribution is -2.36. The Bertz CT molecular complexity index is 1810. The van der Waals surface area contributed by atoms with Gasteiger partial charge in [0.25, 0.3) is 23.6 Å². The molecule has 1 atom stereocenters. The zero-order valence-corrected chi connectivity index (χ0v) is 28.5. The van der Waals surface area contributed by atoms with Crippen molar-refractivity contribution in [1.82, 2.24) is 20.5 Å². The third-order valence-electron chi connectivity index (χ3n) is 8.49. The van der Waals surface area contributed by atoms with Gasteiger partial charge in [-0.3, -0.25) is 19.2 Å². The van der Waals surface area contributed by atoms with Crippen molar-refractivity contribution in [3.8, 4) is 5.75 Å². The van der Waals surface area contributed by atoms with Gasteiger partial charge in [-0.05, 0) is 86.3 Å². The molecule has 0 bridgehead atoms. The number of amides is 4. The van der Waals surface area contributed by atoms with E-state index in [0.717, 1.165) is 49.9 Å². The standard InChI is InChI=1S/C37H41N7O5S/c38-28(18-30-22-50-23-41-30)19-39-14-1-2-15-40-35(46)26-4-3-5-29(16-26)42-36(47)25-8-6-24(7-9-25)20-44(31-11-12-31)37(48)27-10-13-32-33(17-27)49-21-34(45)43-32/h3-10,13,16-17,22-23,28,31,39H,1-2,11-12,14-15,18-21,38H2,(H,40,46)(H,42,47)(H,43,45)/t28-/m0/s1. The minimum absolute atomic E-state index is 0.0148. The maximum Gasteiger partial charge on any atom is 0.262 e. The molecule has 0 spiro atoms. The van der Waals surface area contributed by atoms with Crippen molar-refractivity contribution in [3.05, 3.63) is 106 Å². The normalized spacial score (nSPS) is 14.1. The molecule has 1 aliphatic heterocycles. The number of nitrogens with one attached hydrogen (secondary N) is 4. The summed E-state index contributed by atoms with van der Waals surface area (Å²) in [5.41, 5.74) is 12.4. The van der Waals surface area contributed by atoms with Crippen molar-refractivity contribution in [1.29, 1.82) is 0 Å².